The van der Waals surface area contributed by atoms with Crippen LogP contribution in [0.3, 0.4) is 0 Å². The molecule has 2 N–H and O–H groups in total. The van der Waals surface area contributed by atoms with Crippen LogP contribution in [0.2, 0.25) is 0 Å². The van der Waals surface area contributed by atoms with Gasteiger partial charge in [-0.15, -0.1) is 0 Å². The first kappa shape index (κ1) is 18.2. The van der Waals surface area contributed by atoms with Crippen molar-refractivity contribution in [2.75, 3.05) is 0 Å². The molecule has 0 aliphatic carbocycles. The van der Waals surface area contributed by atoms with Crippen molar-refractivity contribution in [3.63, 3.8) is 0 Å². The van der Waals surface area contributed by atoms with Gasteiger partial charge in [0.25, 0.3) is 0 Å². The lowest BCUT2D eigenvalue weighted by atomic mass is 9.95. The van der Waals surface area contributed by atoms with Gasteiger partial charge in [-0.3, -0.25) is 0 Å². The molecule has 0 aliphatic rings. The number of carboxylic acid groups (broad SMARTS) is 2. The molecule has 0 saturated heterocycles. The van der Waals surface area contributed by atoms with Gasteiger partial charge in [0, 0.05) is 5.56 Å². The predicted molar refractivity (Wildman–Crippen MR) is 65.5 cm³/mol. The molecule has 0 amide bonds. The standard InChI is InChI=1S/C14H3F7O4/c15-3-1-2(7(16)12(21)8(3)17)4-9(18)5(13(22)23)6(14(24)25)11(20)10(4)19/h1H,(H,22,23)(H,24,25). The second-order valence-electron chi connectivity index (χ2n) is 4.53. The zero-order valence-electron chi connectivity index (χ0n) is 11.4. The summed E-state index contributed by atoms with van der Waals surface area (Å²) in [6, 6.07) is -0.235. The number of benzene rings is 2. The average molecular weight is 368 g/mol. The minimum atomic E-state index is -2.49. The third kappa shape index (κ3) is 2.66. The molecule has 0 atom stereocenters. The Morgan fingerprint density at radius 3 is 1.60 bits per heavy atom. The number of rotatable bonds is 3. The highest BCUT2D eigenvalue weighted by molar-refractivity contribution is 6.03. The van der Waals surface area contributed by atoms with Crippen molar-refractivity contribution < 1.29 is 50.5 Å². The Morgan fingerprint density at radius 2 is 1.12 bits per heavy atom. The van der Waals surface area contributed by atoms with Gasteiger partial charge in [0.15, 0.2) is 34.9 Å². The van der Waals surface area contributed by atoms with E-state index in [1.165, 1.54) is 0 Å². The number of carbonyl (C=O) groups is 2. The van der Waals surface area contributed by atoms with Gasteiger partial charge in [-0.25, -0.2) is 40.3 Å². The van der Waals surface area contributed by atoms with Crippen LogP contribution >= 0.6 is 0 Å². The van der Waals surface area contributed by atoms with Gasteiger partial charge in [0.1, 0.15) is 16.9 Å². The molecule has 2 aromatic rings. The molecule has 0 aromatic heterocycles. The molecule has 0 spiro atoms. The Bertz CT molecular complexity index is 940. The highest BCUT2D eigenvalue weighted by Crippen LogP contribution is 2.36. The van der Waals surface area contributed by atoms with Crippen molar-refractivity contribution >= 4 is 11.9 Å². The summed E-state index contributed by atoms with van der Waals surface area (Å²) in [7, 11) is 0. The molecule has 2 aromatic carbocycles. The third-order valence-electron chi connectivity index (χ3n) is 3.12. The first-order chi connectivity index (χ1) is 11.5. The molecule has 0 heterocycles. The number of hydrogen-bond acceptors (Lipinski definition) is 2. The molecule has 0 aliphatic heterocycles. The number of carboxylic acids is 2. The van der Waals surface area contributed by atoms with E-state index in [1.807, 2.05) is 0 Å². The summed E-state index contributed by atoms with van der Waals surface area (Å²) in [5.41, 5.74) is -7.42. The Labute approximate surface area is 132 Å². The van der Waals surface area contributed by atoms with E-state index >= 15 is 0 Å². The summed E-state index contributed by atoms with van der Waals surface area (Å²) in [5.74, 6) is -21.2. The maximum Gasteiger partial charge on any atom is 0.339 e. The van der Waals surface area contributed by atoms with Crippen molar-refractivity contribution in [2.24, 2.45) is 0 Å². The normalized spacial score (nSPS) is 10.8. The van der Waals surface area contributed by atoms with Crippen molar-refractivity contribution in [1.82, 2.24) is 0 Å². The van der Waals surface area contributed by atoms with E-state index in [2.05, 4.69) is 0 Å². The first-order valence-electron chi connectivity index (χ1n) is 6.01. The highest BCUT2D eigenvalue weighted by atomic mass is 19.2. The minimum Gasteiger partial charge on any atom is -0.478 e. The van der Waals surface area contributed by atoms with E-state index in [4.69, 9.17) is 10.2 Å². The molecular formula is C14H3F7O4. The van der Waals surface area contributed by atoms with Gasteiger partial charge in [0.05, 0.1) is 5.56 Å². The Kier molecular flexibility index (Phi) is 4.43. The van der Waals surface area contributed by atoms with E-state index in [0.717, 1.165) is 0 Å². The van der Waals surface area contributed by atoms with Crippen LogP contribution in [-0.4, -0.2) is 22.2 Å². The van der Waals surface area contributed by atoms with Crippen LogP contribution in [-0.2, 0) is 0 Å². The lowest BCUT2D eigenvalue weighted by Crippen LogP contribution is -2.17. The molecule has 25 heavy (non-hydrogen) atoms. The van der Waals surface area contributed by atoms with Gasteiger partial charge in [0.2, 0.25) is 0 Å². The molecule has 0 radical (unpaired) electrons. The van der Waals surface area contributed by atoms with E-state index in [0.29, 0.717) is 0 Å². The van der Waals surface area contributed by atoms with E-state index in [1.54, 1.807) is 0 Å². The zero-order chi connectivity index (χ0) is 19.2. The molecule has 0 saturated carbocycles. The van der Waals surface area contributed by atoms with Crippen LogP contribution in [0.1, 0.15) is 20.7 Å². The average Bonchev–Trinajstić information content (AvgIpc) is 2.52. The lowest BCUT2D eigenvalue weighted by molar-refractivity contribution is 0.0641. The Balaban J connectivity index is 3.04. The molecule has 11 heteroatoms. The van der Waals surface area contributed by atoms with Crippen LogP contribution in [0, 0.1) is 40.7 Å². The SMILES string of the molecule is O=C(O)c1c(F)c(F)c(-c2cc(F)c(F)c(F)c2F)c(F)c1C(=O)O. The van der Waals surface area contributed by atoms with Crippen molar-refractivity contribution in [2.45, 2.75) is 0 Å². The van der Waals surface area contributed by atoms with E-state index in [-0.39, 0.29) is 6.07 Å². The summed E-state index contributed by atoms with van der Waals surface area (Å²) < 4.78 is 95.1. The predicted octanol–water partition coefficient (Wildman–Crippen LogP) is 3.72. The Hall–Kier alpha value is -3.11. The van der Waals surface area contributed by atoms with Gasteiger partial charge < -0.3 is 10.2 Å². The first-order valence-corrected chi connectivity index (χ1v) is 6.01. The number of hydrogen-bond donors (Lipinski definition) is 2. The lowest BCUT2D eigenvalue weighted by Gasteiger charge is -2.13. The maximum atomic E-state index is 14.3. The van der Waals surface area contributed by atoms with Crippen molar-refractivity contribution in [3.05, 3.63) is 57.9 Å². The zero-order valence-corrected chi connectivity index (χ0v) is 11.4. The molecule has 0 bridgehead atoms. The fourth-order valence-corrected chi connectivity index (χ4v) is 2.05. The molecule has 2 rings (SSSR count). The topological polar surface area (TPSA) is 74.6 Å². The van der Waals surface area contributed by atoms with Crippen molar-refractivity contribution in [1.29, 1.82) is 0 Å². The minimum absolute atomic E-state index is 0.235. The third-order valence-corrected chi connectivity index (χ3v) is 3.12. The van der Waals surface area contributed by atoms with Crippen LogP contribution in [0.15, 0.2) is 6.07 Å². The van der Waals surface area contributed by atoms with E-state index in [9.17, 15) is 40.3 Å². The molecule has 0 fully saturated rings. The number of aromatic carboxylic acids is 2. The fraction of sp³-hybridized carbons (Fsp3) is 0. The summed E-state index contributed by atoms with van der Waals surface area (Å²) in [6.07, 6.45) is 0. The molecule has 4 nitrogen and oxygen atoms in total. The van der Waals surface area contributed by atoms with Gasteiger partial charge in [-0.2, -0.15) is 0 Å². The van der Waals surface area contributed by atoms with Gasteiger partial charge >= 0.3 is 11.9 Å². The summed E-state index contributed by atoms with van der Waals surface area (Å²) in [6.45, 7) is 0. The molecular weight excluding hydrogens is 365 g/mol. The maximum absolute atomic E-state index is 14.3. The molecule has 132 valence electrons. The second-order valence-corrected chi connectivity index (χ2v) is 4.53. The largest absolute Gasteiger partial charge is 0.478 e. The molecule has 0 unspecified atom stereocenters. The van der Waals surface area contributed by atoms with Gasteiger partial charge in [-0.1, -0.05) is 0 Å². The summed E-state index contributed by atoms with van der Waals surface area (Å²) >= 11 is 0. The van der Waals surface area contributed by atoms with Crippen LogP contribution in [0.5, 0.6) is 0 Å². The monoisotopic (exact) mass is 368 g/mol. The van der Waals surface area contributed by atoms with Crippen LogP contribution in [0.4, 0.5) is 30.7 Å². The van der Waals surface area contributed by atoms with Crippen LogP contribution in [0.25, 0.3) is 11.1 Å². The van der Waals surface area contributed by atoms with E-state index < -0.39 is 74.9 Å². The van der Waals surface area contributed by atoms with Crippen LogP contribution < -0.4 is 0 Å². The van der Waals surface area contributed by atoms with Gasteiger partial charge in [-0.05, 0) is 6.07 Å². The summed E-state index contributed by atoms with van der Waals surface area (Å²) in [4.78, 5) is 21.8. The number of halogens is 7. The van der Waals surface area contributed by atoms with Crippen molar-refractivity contribution in [3.8, 4) is 11.1 Å². The second kappa shape index (κ2) is 6.07. The Morgan fingerprint density at radius 1 is 0.640 bits per heavy atom. The summed E-state index contributed by atoms with van der Waals surface area (Å²) in [5, 5.41) is 17.5. The highest BCUT2D eigenvalue weighted by Gasteiger charge is 2.34. The smallest absolute Gasteiger partial charge is 0.339 e. The quantitative estimate of drug-likeness (QED) is 0.492. The fourth-order valence-electron chi connectivity index (χ4n) is 2.05.